The van der Waals surface area contributed by atoms with Gasteiger partial charge in [0.05, 0.1) is 12.0 Å². The minimum Gasteiger partial charge on any atom is -0.491 e. The lowest BCUT2D eigenvalue weighted by molar-refractivity contribution is -0.126. The normalized spacial score (nSPS) is 16.7. The van der Waals surface area contributed by atoms with Crippen LogP contribution < -0.4 is 15.0 Å². The fourth-order valence-corrected chi connectivity index (χ4v) is 3.15. The topological polar surface area (TPSA) is 58.6 Å². The van der Waals surface area contributed by atoms with E-state index in [1.807, 2.05) is 69.3 Å². The third kappa shape index (κ3) is 4.88. The van der Waals surface area contributed by atoms with Gasteiger partial charge in [0.1, 0.15) is 5.75 Å². The van der Waals surface area contributed by atoms with E-state index in [1.54, 1.807) is 4.90 Å². The highest BCUT2D eigenvalue weighted by atomic mass is 16.5. The fraction of sp³-hybridized carbons (Fsp3) is 0.364. The number of ether oxygens (including phenoxy) is 1. The van der Waals surface area contributed by atoms with Crippen LogP contribution in [0.1, 0.15) is 31.4 Å². The Balaban J connectivity index is 1.54. The van der Waals surface area contributed by atoms with Gasteiger partial charge >= 0.3 is 0 Å². The highest BCUT2D eigenvalue weighted by Gasteiger charge is 2.34. The Morgan fingerprint density at radius 3 is 2.44 bits per heavy atom. The van der Waals surface area contributed by atoms with Crippen LogP contribution >= 0.6 is 0 Å². The second kappa shape index (κ2) is 8.25. The summed E-state index contributed by atoms with van der Waals surface area (Å²) in [7, 11) is 0. The molecule has 5 heteroatoms. The monoisotopic (exact) mass is 366 g/mol. The maximum Gasteiger partial charge on any atom is 0.227 e. The predicted octanol–water partition coefficient (Wildman–Crippen LogP) is 3.45. The van der Waals surface area contributed by atoms with Gasteiger partial charge in [0.25, 0.3) is 0 Å². The fourth-order valence-electron chi connectivity index (χ4n) is 3.15. The zero-order valence-corrected chi connectivity index (χ0v) is 16.1. The first kappa shape index (κ1) is 19.0. The first-order chi connectivity index (χ1) is 12.9. The first-order valence-electron chi connectivity index (χ1n) is 9.32. The minimum atomic E-state index is -0.317. The van der Waals surface area contributed by atoms with E-state index in [4.69, 9.17) is 4.74 Å². The van der Waals surface area contributed by atoms with Crippen LogP contribution in [0.3, 0.4) is 0 Å². The number of anilines is 1. The standard InChI is InChI=1S/C22H26N2O3/c1-15(2)27-20-10-6-17(7-11-20)13-23-22(26)18-12-21(25)24(14-18)19-8-4-16(3)5-9-19/h4-11,15,18H,12-14H2,1-3H3,(H,23,26)/t18-/m1/s1. The Labute approximate surface area is 160 Å². The molecule has 1 atom stereocenters. The van der Waals surface area contributed by atoms with Crippen molar-refractivity contribution in [2.24, 2.45) is 5.92 Å². The Kier molecular flexibility index (Phi) is 5.79. The molecule has 27 heavy (non-hydrogen) atoms. The van der Waals surface area contributed by atoms with Crippen molar-refractivity contribution in [1.29, 1.82) is 0 Å². The van der Waals surface area contributed by atoms with E-state index < -0.39 is 0 Å². The zero-order valence-electron chi connectivity index (χ0n) is 16.1. The Bertz CT molecular complexity index is 797. The molecule has 0 saturated carbocycles. The molecule has 0 spiro atoms. The molecule has 142 valence electrons. The maximum absolute atomic E-state index is 12.5. The average Bonchev–Trinajstić information content (AvgIpc) is 3.03. The molecule has 1 saturated heterocycles. The third-order valence-electron chi connectivity index (χ3n) is 4.60. The number of hydrogen-bond donors (Lipinski definition) is 1. The molecule has 2 aromatic carbocycles. The number of aryl methyl sites for hydroxylation is 1. The predicted molar refractivity (Wildman–Crippen MR) is 106 cm³/mol. The highest BCUT2D eigenvalue weighted by Crippen LogP contribution is 2.25. The van der Waals surface area contributed by atoms with Gasteiger partial charge in [-0.25, -0.2) is 0 Å². The summed E-state index contributed by atoms with van der Waals surface area (Å²) in [6.07, 6.45) is 0.382. The van der Waals surface area contributed by atoms with Crippen LogP contribution in [0, 0.1) is 12.8 Å². The summed E-state index contributed by atoms with van der Waals surface area (Å²) in [5.41, 5.74) is 2.99. The van der Waals surface area contributed by atoms with Crippen LogP contribution in [0.2, 0.25) is 0 Å². The SMILES string of the molecule is Cc1ccc(N2C[C@H](C(=O)NCc3ccc(OC(C)C)cc3)CC2=O)cc1. The molecule has 0 unspecified atom stereocenters. The van der Waals surface area contributed by atoms with Gasteiger partial charge in [-0.2, -0.15) is 0 Å². The summed E-state index contributed by atoms with van der Waals surface area (Å²) in [6, 6.07) is 15.5. The molecule has 1 aliphatic rings. The molecule has 1 aliphatic heterocycles. The van der Waals surface area contributed by atoms with Crippen LogP contribution in [0.25, 0.3) is 0 Å². The van der Waals surface area contributed by atoms with Gasteiger partial charge < -0.3 is 15.0 Å². The molecule has 1 fully saturated rings. The number of rotatable bonds is 6. The summed E-state index contributed by atoms with van der Waals surface area (Å²) >= 11 is 0. The molecule has 3 rings (SSSR count). The summed E-state index contributed by atoms with van der Waals surface area (Å²) in [5, 5.41) is 2.94. The molecule has 1 N–H and O–H groups in total. The van der Waals surface area contributed by atoms with Crippen molar-refractivity contribution in [3.05, 3.63) is 59.7 Å². The highest BCUT2D eigenvalue weighted by molar-refractivity contribution is 6.00. The number of carbonyl (C=O) groups excluding carboxylic acids is 2. The second-order valence-electron chi connectivity index (χ2n) is 7.27. The molecule has 2 amide bonds. The van der Waals surface area contributed by atoms with Gasteiger partial charge in [-0.15, -0.1) is 0 Å². The largest absolute Gasteiger partial charge is 0.491 e. The molecule has 0 radical (unpaired) electrons. The van der Waals surface area contributed by atoms with Crippen LogP contribution in [-0.2, 0) is 16.1 Å². The number of nitrogens with one attached hydrogen (secondary N) is 1. The number of hydrogen-bond acceptors (Lipinski definition) is 3. The third-order valence-corrected chi connectivity index (χ3v) is 4.60. The van der Waals surface area contributed by atoms with Crippen molar-refractivity contribution in [1.82, 2.24) is 5.32 Å². The van der Waals surface area contributed by atoms with Crippen LogP contribution in [0.15, 0.2) is 48.5 Å². The van der Waals surface area contributed by atoms with Gasteiger partial charge in [-0.3, -0.25) is 9.59 Å². The molecular formula is C22H26N2O3. The zero-order chi connectivity index (χ0) is 19.4. The Hall–Kier alpha value is -2.82. The van der Waals surface area contributed by atoms with Crippen molar-refractivity contribution in [3.8, 4) is 5.75 Å². The van der Waals surface area contributed by atoms with E-state index in [9.17, 15) is 9.59 Å². The van der Waals surface area contributed by atoms with Gasteiger partial charge in [0, 0.05) is 25.2 Å². The second-order valence-corrected chi connectivity index (χ2v) is 7.27. The molecule has 0 aliphatic carbocycles. The van der Waals surface area contributed by atoms with Gasteiger partial charge in [-0.1, -0.05) is 29.8 Å². The molecule has 0 aromatic heterocycles. The number of benzene rings is 2. The van der Waals surface area contributed by atoms with Crippen LogP contribution in [0.4, 0.5) is 5.69 Å². The average molecular weight is 366 g/mol. The van der Waals surface area contributed by atoms with Crippen molar-refractivity contribution >= 4 is 17.5 Å². The quantitative estimate of drug-likeness (QED) is 0.852. The van der Waals surface area contributed by atoms with Crippen molar-refractivity contribution < 1.29 is 14.3 Å². The lowest BCUT2D eigenvalue weighted by Crippen LogP contribution is -2.32. The summed E-state index contributed by atoms with van der Waals surface area (Å²) < 4.78 is 5.62. The van der Waals surface area contributed by atoms with Crippen molar-refractivity contribution in [3.63, 3.8) is 0 Å². The van der Waals surface area contributed by atoms with Gasteiger partial charge in [0.15, 0.2) is 0 Å². The summed E-state index contributed by atoms with van der Waals surface area (Å²) in [6.45, 7) is 6.84. The van der Waals surface area contributed by atoms with E-state index in [2.05, 4.69) is 5.32 Å². The number of amides is 2. The first-order valence-corrected chi connectivity index (χ1v) is 9.32. The molecule has 0 bridgehead atoms. The molecular weight excluding hydrogens is 340 g/mol. The van der Waals surface area contributed by atoms with E-state index in [0.29, 0.717) is 13.1 Å². The Morgan fingerprint density at radius 1 is 1.15 bits per heavy atom. The van der Waals surface area contributed by atoms with Crippen molar-refractivity contribution in [2.75, 3.05) is 11.4 Å². The Morgan fingerprint density at radius 2 is 1.81 bits per heavy atom. The summed E-state index contributed by atoms with van der Waals surface area (Å²) in [5.74, 6) is 0.409. The summed E-state index contributed by atoms with van der Waals surface area (Å²) in [4.78, 5) is 26.5. The smallest absolute Gasteiger partial charge is 0.227 e. The maximum atomic E-state index is 12.5. The van der Waals surface area contributed by atoms with E-state index in [-0.39, 0.29) is 30.3 Å². The molecule has 5 nitrogen and oxygen atoms in total. The van der Waals surface area contributed by atoms with Gasteiger partial charge in [0.2, 0.25) is 11.8 Å². The van der Waals surface area contributed by atoms with E-state index >= 15 is 0 Å². The lowest BCUT2D eigenvalue weighted by atomic mass is 10.1. The minimum absolute atomic E-state index is 0.00538. The molecule has 1 heterocycles. The van der Waals surface area contributed by atoms with E-state index in [0.717, 1.165) is 22.6 Å². The lowest BCUT2D eigenvalue weighted by Gasteiger charge is -2.17. The van der Waals surface area contributed by atoms with Gasteiger partial charge in [-0.05, 0) is 50.6 Å². The number of nitrogens with zero attached hydrogens (tertiary/aromatic N) is 1. The van der Waals surface area contributed by atoms with Crippen LogP contribution in [0.5, 0.6) is 5.75 Å². The number of carbonyl (C=O) groups is 2. The molecule has 2 aromatic rings. The van der Waals surface area contributed by atoms with Crippen LogP contribution in [-0.4, -0.2) is 24.5 Å². The van der Waals surface area contributed by atoms with Crippen molar-refractivity contribution in [2.45, 2.75) is 39.8 Å². The van der Waals surface area contributed by atoms with E-state index in [1.165, 1.54) is 0 Å².